The number of aryl methyl sites for hydroxylation is 3. The Hall–Kier alpha value is -2.39. The summed E-state index contributed by atoms with van der Waals surface area (Å²) in [6.07, 6.45) is 1.57. The van der Waals surface area contributed by atoms with Gasteiger partial charge in [-0.3, -0.25) is 4.68 Å². The third-order valence-electron chi connectivity index (χ3n) is 3.38. The first kappa shape index (κ1) is 15.5. The van der Waals surface area contributed by atoms with E-state index in [4.69, 9.17) is 8.94 Å². The van der Waals surface area contributed by atoms with Crippen LogP contribution < -0.4 is 4.72 Å². The van der Waals surface area contributed by atoms with Crippen molar-refractivity contribution in [2.45, 2.75) is 25.3 Å². The lowest BCUT2D eigenvalue weighted by atomic mass is 10.3. The molecule has 0 radical (unpaired) electrons. The minimum absolute atomic E-state index is 0.0565. The van der Waals surface area contributed by atoms with Gasteiger partial charge in [-0.2, -0.15) is 5.10 Å². The highest BCUT2D eigenvalue weighted by molar-refractivity contribution is 7.89. The van der Waals surface area contributed by atoms with Crippen molar-refractivity contribution in [2.24, 2.45) is 7.05 Å². The Kier molecular flexibility index (Phi) is 3.82. The van der Waals surface area contributed by atoms with Crippen molar-refractivity contribution in [2.75, 3.05) is 0 Å². The average Bonchev–Trinajstić information content (AvgIpc) is 3.18. The first-order valence-electron chi connectivity index (χ1n) is 6.88. The molecule has 0 fully saturated rings. The van der Waals surface area contributed by atoms with Gasteiger partial charge in [0.15, 0.2) is 11.5 Å². The maximum atomic E-state index is 12.4. The minimum Gasteiger partial charge on any atom is -0.463 e. The Morgan fingerprint density at radius 2 is 2.13 bits per heavy atom. The molecule has 0 aliphatic heterocycles. The summed E-state index contributed by atoms with van der Waals surface area (Å²) in [5, 5.41) is 7.95. The zero-order chi connectivity index (χ0) is 16.6. The Morgan fingerprint density at radius 1 is 1.35 bits per heavy atom. The van der Waals surface area contributed by atoms with Gasteiger partial charge in [0.05, 0.1) is 18.5 Å². The van der Waals surface area contributed by atoms with Gasteiger partial charge in [0.1, 0.15) is 16.3 Å². The Bertz CT molecular complexity index is 903. The van der Waals surface area contributed by atoms with Gasteiger partial charge < -0.3 is 8.94 Å². The minimum atomic E-state index is -3.71. The van der Waals surface area contributed by atoms with Crippen molar-refractivity contribution in [3.8, 4) is 11.5 Å². The van der Waals surface area contributed by atoms with Crippen LogP contribution in [-0.4, -0.2) is 23.4 Å². The SMILES string of the molecule is Cc1noc(C)c1S(=O)(=O)NCc1cc(-c2ccco2)n(C)n1. The zero-order valence-corrected chi connectivity index (χ0v) is 13.7. The summed E-state index contributed by atoms with van der Waals surface area (Å²) < 4.78 is 39.1. The molecule has 0 bridgehead atoms. The molecule has 0 saturated heterocycles. The molecule has 9 heteroatoms. The van der Waals surface area contributed by atoms with Crippen LogP contribution in [0.1, 0.15) is 17.1 Å². The second-order valence-corrected chi connectivity index (χ2v) is 6.80. The van der Waals surface area contributed by atoms with Crippen LogP contribution in [-0.2, 0) is 23.6 Å². The standard InChI is InChI=1S/C14H16N4O4S/c1-9-14(10(2)22-17-9)23(19,20)15-8-11-7-12(18(3)16-11)13-5-4-6-21-13/h4-7,15H,8H2,1-3H3. The molecule has 3 heterocycles. The van der Waals surface area contributed by atoms with E-state index in [-0.39, 0.29) is 17.2 Å². The number of aromatic nitrogens is 3. The van der Waals surface area contributed by atoms with Gasteiger partial charge in [0, 0.05) is 7.05 Å². The summed E-state index contributed by atoms with van der Waals surface area (Å²) >= 11 is 0. The molecule has 23 heavy (non-hydrogen) atoms. The Labute approximate surface area is 133 Å². The molecule has 3 aromatic rings. The molecule has 1 N–H and O–H groups in total. The van der Waals surface area contributed by atoms with Crippen LogP contribution >= 0.6 is 0 Å². The van der Waals surface area contributed by atoms with Gasteiger partial charge in [0.25, 0.3) is 0 Å². The summed E-state index contributed by atoms with van der Waals surface area (Å²) in [5.74, 6) is 0.923. The lowest BCUT2D eigenvalue weighted by Crippen LogP contribution is -2.24. The third kappa shape index (κ3) is 2.92. The molecule has 0 aromatic carbocycles. The molecule has 3 rings (SSSR count). The molecule has 3 aromatic heterocycles. The number of furan rings is 1. The van der Waals surface area contributed by atoms with E-state index in [1.165, 1.54) is 0 Å². The smallest absolute Gasteiger partial charge is 0.246 e. The van der Waals surface area contributed by atoms with E-state index in [0.717, 1.165) is 5.69 Å². The van der Waals surface area contributed by atoms with E-state index in [2.05, 4.69) is 15.0 Å². The van der Waals surface area contributed by atoms with Crippen LogP contribution in [0.2, 0.25) is 0 Å². The average molecular weight is 336 g/mol. The zero-order valence-electron chi connectivity index (χ0n) is 12.9. The highest BCUT2D eigenvalue weighted by Gasteiger charge is 2.24. The number of rotatable bonds is 5. The summed E-state index contributed by atoms with van der Waals surface area (Å²) in [7, 11) is -1.94. The predicted molar refractivity (Wildman–Crippen MR) is 80.9 cm³/mol. The topological polar surface area (TPSA) is 103 Å². The lowest BCUT2D eigenvalue weighted by molar-refractivity contribution is 0.390. The van der Waals surface area contributed by atoms with Crippen molar-refractivity contribution >= 4 is 10.0 Å². The molecule has 0 spiro atoms. The maximum absolute atomic E-state index is 12.4. The van der Waals surface area contributed by atoms with Gasteiger partial charge >= 0.3 is 0 Å². The fourth-order valence-electron chi connectivity index (χ4n) is 2.37. The first-order chi connectivity index (χ1) is 10.9. The predicted octanol–water partition coefficient (Wildman–Crippen LogP) is 1.76. The number of hydrogen-bond donors (Lipinski definition) is 1. The Morgan fingerprint density at radius 3 is 2.74 bits per heavy atom. The quantitative estimate of drug-likeness (QED) is 0.761. The van der Waals surface area contributed by atoms with E-state index in [1.807, 2.05) is 6.07 Å². The van der Waals surface area contributed by atoms with Crippen molar-refractivity contribution in [1.29, 1.82) is 0 Å². The molecule has 0 unspecified atom stereocenters. The summed E-state index contributed by atoms with van der Waals surface area (Å²) in [6, 6.07) is 5.37. The largest absolute Gasteiger partial charge is 0.463 e. The van der Waals surface area contributed by atoms with Crippen LogP contribution in [0.25, 0.3) is 11.5 Å². The molecule has 0 atom stereocenters. The highest BCUT2D eigenvalue weighted by Crippen LogP contribution is 2.21. The second-order valence-electron chi connectivity index (χ2n) is 5.10. The molecule has 0 saturated carbocycles. The number of nitrogens with zero attached hydrogens (tertiary/aromatic N) is 3. The summed E-state index contributed by atoms with van der Waals surface area (Å²) in [4.78, 5) is 0.0692. The van der Waals surface area contributed by atoms with E-state index in [0.29, 0.717) is 17.1 Å². The van der Waals surface area contributed by atoms with Crippen LogP contribution in [0.5, 0.6) is 0 Å². The second kappa shape index (κ2) is 5.67. The van der Waals surface area contributed by atoms with Crippen LogP contribution in [0, 0.1) is 13.8 Å². The van der Waals surface area contributed by atoms with E-state index < -0.39 is 10.0 Å². The molecule has 122 valence electrons. The number of hydrogen-bond acceptors (Lipinski definition) is 6. The first-order valence-corrected chi connectivity index (χ1v) is 8.36. The van der Waals surface area contributed by atoms with Crippen molar-refractivity contribution in [3.05, 3.63) is 41.6 Å². The molecular weight excluding hydrogens is 320 g/mol. The van der Waals surface area contributed by atoms with E-state index in [9.17, 15) is 8.42 Å². The van der Waals surface area contributed by atoms with Crippen LogP contribution in [0.3, 0.4) is 0 Å². The Balaban J connectivity index is 1.80. The fourth-order valence-corrected chi connectivity index (χ4v) is 3.69. The third-order valence-corrected chi connectivity index (χ3v) is 5.03. The molecule has 8 nitrogen and oxygen atoms in total. The van der Waals surface area contributed by atoms with E-state index >= 15 is 0 Å². The van der Waals surface area contributed by atoms with E-state index in [1.54, 1.807) is 44.0 Å². The summed E-state index contributed by atoms with van der Waals surface area (Å²) in [6.45, 7) is 3.20. The van der Waals surface area contributed by atoms with Gasteiger partial charge in [-0.15, -0.1) is 0 Å². The molecular formula is C14H16N4O4S. The normalized spacial score (nSPS) is 12.0. The molecule has 0 aliphatic rings. The van der Waals surface area contributed by atoms with Gasteiger partial charge in [-0.1, -0.05) is 5.16 Å². The maximum Gasteiger partial charge on any atom is 0.246 e. The van der Waals surface area contributed by atoms with Crippen LogP contribution in [0.15, 0.2) is 38.3 Å². The van der Waals surface area contributed by atoms with Crippen molar-refractivity contribution in [3.63, 3.8) is 0 Å². The van der Waals surface area contributed by atoms with Crippen LogP contribution in [0.4, 0.5) is 0 Å². The monoisotopic (exact) mass is 336 g/mol. The number of nitrogens with one attached hydrogen (secondary N) is 1. The lowest BCUT2D eigenvalue weighted by Gasteiger charge is -2.04. The van der Waals surface area contributed by atoms with Crippen molar-refractivity contribution < 1.29 is 17.4 Å². The van der Waals surface area contributed by atoms with Crippen molar-refractivity contribution in [1.82, 2.24) is 19.7 Å². The number of sulfonamides is 1. The van der Waals surface area contributed by atoms with Gasteiger partial charge in [0.2, 0.25) is 10.0 Å². The summed E-state index contributed by atoms with van der Waals surface area (Å²) in [5.41, 5.74) is 1.67. The van der Waals surface area contributed by atoms with Gasteiger partial charge in [-0.05, 0) is 32.0 Å². The molecule has 0 aliphatic carbocycles. The highest BCUT2D eigenvalue weighted by atomic mass is 32.2. The van der Waals surface area contributed by atoms with Gasteiger partial charge in [-0.25, -0.2) is 13.1 Å². The molecule has 0 amide bonds. The fraction of sp³-hybridized carbons (Fsp3) is 0.286.